The molecular formula is C11H23N2O2+. The molecule has 1 heterocycles. The lowest BCUT2D eigenvalue weighted by molar-refractivity contribution is -0.723. The second-order valence-electron chi connectivity index (χ2n) is 5.53. The van der Waals surface area contributed by atoms with Crippen LogP contribution in [0.5, 0.6) is 0 Å². The third-order valence-corrected chi connectivity index (χ3v) is 2.33. The van der Waals surface area contributed by atoms with E-state index in [0.717, 1.165) is 13.1 Å². The van der Waals surface area contributed by atoms with Crippen molar-refractivity contribution >= 4 is 6.09 Å². The van der Waals surface area contributed by atoms with Crippen LogP contribution in [-0.4, -0.2) is 41.8 Å². The molecule has 2 atom stereocenters. The normalized spacial score (nSPS) is 27.7. The Hall–Kier alpha value is -0.770. The van der Waals surface area contributed by atoms with E-state index in [1.165, 1.54) is 0 Å². The predicted octanol–water partition coefficient (Wildman–Crippen LogP) is 0.578. The summed E-state index contributed by atoms with van der Waals surface area (Å²) in [6, 6.07) is 0.919. The van der Waals surface area contributed by atoms with Gasteiger partial charge in [-0.05, 0) is 34.6 Å². The first-order valence-electron chi connectivity index (χ1n) is 5.61. The van der Waals surface area contributed by atoms with E-state index in [1.54, 1.807) is 4.90 Å². The highest BCUT2D eigenvalue weighted by molar-refractivity contribution is 5.68. The van der Waals surface area contributed by atoms with Crippen LogP contribution in [-0.2, 0) is 4.74 Å². The van der Waals surface area contributed by atoms with Crippen molar-refractivity contribution in [1.82, 2.24) is 4.90 Å². The first kappa shape index (κ1) is 12.3. The van der Waals surface area contributed by atoms with E-state index in [1.807, 2.05) is 20.8 Å². The quantitative estimate of drug-likeness (QED) is 0.642. The Morgan fingerprint density at radius 3 is 2.13 bits per heavy atom. The van der Waals surface area contributed by atoms with Gasteiger partial charge in [0.25, 0.3) is 0 Å². The smallest absolute Gasteiger partial charge is 0.410 e. The summed E-state index contributed by atoms with van der Waals surface area (Å²) < 4.78 is 5.35. The molecule has 0 aromatic rings. The Bertz CT molecular complexity index is 225. The largest absolute Gasteiger partial charge is 0.444 e. The minimum absolute atomic E-state index is 0.186. The SMILES string of the molecule is C[C@H]1CN(C(=O)OC(C)(C)C)C[C@H](C)[NH2+]1. The maximum atomic E-state index is 11.8. The van der Waals surface area contributed by atoms with Gasteiger partial charge in [0.1, 0.15) is 17.7 Å². The first-order chi connectivity index (χ1) is 6.78. The highest BCUT2D eigenvalue weighted by Crippen LogP contribution is 2.11. The molecular weight excluding hydrogens is 192 g/mol. The van der Waals surface area contributed by atoms with E-state index in [2.05, 4.69) is 19.2 Å². The van der Waals surface area contributed by atoms with Crippen LogP contribution in [0.15, 0.2) is 0 Å². The van der Waals surface area contributed by atoms with Gasteiger partial charge in [0.15, 0.2) is 0 Å². The van der Waals surface area contributed by atoms with Crippen molar-refractivity contribution in [2.24, 2.45) is 0 Å². The van der Waals surface area contributed by atoms with Gasteiger partial charge >= 0.3 is 6.09 Å². The summed E-state index contributed by atoms with van der Waals surface area (Å²) in [5.41, 5.74) is -0.398. The average Bonchev–Trinajstić information content (AvgIpc) is 1.98. The number of hydrogen-bond donors (Lipinski definition) is 1. The molecule has 0 saturated carbocycles. The lowest BCUT2D eigenvalue weighted by Gasteiger charge is -2.34. The Kier molecular flexibility index (Phi) is 3.60. The fraction of sp³-hybridized carbons (Fsp3) is 0.909. The molecule has 4 nitrogen and oxygen atoms in total. The molecule has 1 amide bonds. The first-order valence-corrected chi connectivity index (χ1v) is 5.61. The lowest BCUT2D eigenvalue weighted by Crippen LogP contribution is -2.99. The fourth-order valence-corrected chi connectivity index (χ4v) is 1.93. The van der Waals surface area contributed by atoms with Gasteiger partial charge in [0, 0.05) is 0 Å². The van der Waals surface area contributed by atoms with Crippen LogP contribution in [0.25, 0.3) is 0 Å². The highest BCUT2D eigenvalue weighted by atomic mass is 16.6. The van der Waals surface area contributed by atoms with E-state index < -0.39 is 5.60 Å². The van der Waals surface area contributed by atoms with E-state index in [4.69, 9.17) is 4.74 Å². The van der Waals surface area contributed by atoms with Crippen LogP contribution in [0.4, 0.5) is 4.79 Å². The number of ether oxygens (including phenoxy) is 1. The molecule has 2 N–H and O–H groups in total. The standard InChI is InChI=1S/C11H22N2O2/c1-8-6-13(7-9(2)12-8)10(14)15-11(3,4)5/h8-9,12H,6-7H2,1-5H3/p+1/t8-,9-/m0/s1. The van der Waals surface area contributed by atoms with Gasteiger partial charge in [-0.2, -0.15) is 0 Å². The van der Waals surface area contributed by atoms with E-state index in [0.29, 0.717) is 12.1 Å². The van der Waals surface area contributed by atoms with Crippen LogP contribution < -0.4 is 5.32 Å². The molecule has 0 spiro atoms. The summed E-state index contributed by atoms with van der Waals surface area (Å²) in [5.74, 6) is 0. The average molecular weight is 215 g/mol. The molecule has 1 rings (SSSR count). The molecule has 0 unspecified atom stereocenters. The molecule has 1 aliphatic heterocycles. The molecule has 4 heteroatoms. The monoisotopic (exact) mass is 215 g/mol. The van der Waals surface area contributed by atoms with Crippen molar-refractivity contribution < 1.29 is 14.8 Å². The summed E-state index contributed by atoms with van der Waals surface area (Å²) in [5, 5.41) is 2.29. The van der Waals surface area contributed by atoms with Crippen molar-refractivity contribution in [1.29, 1.82) is 0 Å². The molecule has 0 radical (unpaired) electrons. The minimum Gasteiger partial charge on any atom is -0.444 e. The number of nitrogens with two attached hydrogens (primary N) is 1. The maximum Gasteiger partial charge on any atom is 0.410 e. The minimum atomic E-state index is -0.398. The summed E-state index contributed by atoms with van der Waals surface area (Å²) in [6.45, 7) is 11.5. The zero-order valence-electron chi connectivity index (χ0n) is 10.4. The van der Waals surface area contributed by atoms with Crippen LogP contribution in [0.3, 0.4) is 0 Å². The second kappa shape index (κ2) is 4.39. The lowest BCUT2D eigenvalue weighted by atomic mass is 10.1. The third kappa shape index (κ3) is 4.08. The summed E-state index contributed by atoms with van der Waals surface area (Å²) in [4.78, 5) is 13.6. The van der Waals surface area contributed by atoms with Gasteiger partial charge in [0.2, 0.25) is 0 Å². The number of nitrogens with zero attached hydrogens (tertiary/aromatic N) is 1. The zero-order valence-corrected chi connectivity index (χ0v) is 10.4. The molecule has 15 heavy (non-hydrogen) atoms. The van der Waals surface area contributed by atoms with Crippen molar-refractivity contribution in [2.75, 3.05) is 13.1 Å². The van der Waals surface area contributed by atoms with Gasteiger partial charge < -0.3 is 10.1 Å². The molecule has 1 fully saturated rings. The number of amides is 1. The van der Waals surface area contributed by atoms with Crippen molar-refractivity contribution in [3.05, 3.63) is 0 Å². The van der Waals surface area contributed by atoms with Crippen molar-refractivity contribution in [3.8, 4) is 0 Å². The molecule has 1 saturated heterocycles. The second-order valence-corrected chi connectivity index (χ2v) is 5.53. The molecule has 0 aromatic carbocycles. The topological polar surface area (TPSA) is 46.2 Å². The number of quaternary nitrogens is 1. The highest BCUT2D eigenvalue weighted by Gasteiger charge is 2.30. The molecule has 0 bridgehead atoms. The maximum absolute atomic E-state index is 11.8. The molecule has 88 valence electrons. The number of hydrogen-bond acceptors (Lipinski definition) is 2. The van der Waals surface area contributed by atoms with E-state index in [-0.39, 0.29) is 6.09 Å². The van der Waals surface area contributed by atoms with Crippen LogP contribution in [0.2, 0.25) is 0 Å². The Labute approximate surface area is 92.0 Å². The number of carbonyl (C=O) groups excluding carboxylic acids is 1. The van der Waals surface area contributed by atoms with Gasteiger partial charge in [0.05, 0.1) is 13.1 Å². The summed E-state index contributed by atoms with van der Waals surface area (Å²) in [7, 11) is 0. The molecule has 1 aliphatic rings. The number of rotatable bonds is 0. The van der Waals surface area contributed by atoms with Gasteiger partial charge in [-0.1, -0.05) is 0 Å². The Morgan fingerprint density at radius 2 is 1.73 bits per heavy atom. The zero-order chi connectivity index (χ0) is 11.6. The fourth-order valence-electron chi connectivity index (χ4n) is 1.93. The van der Waals surface area contributed by atoms with Gasteiger partial charge in [-0.3, -0.25) is 4.90 Å². The number of carbonyl (C=O) groups is 1. The van der Waals surface area contributed by atoms with Crippen LogP contribution in [0.1, 0.15) is 34.6 Å². The van der Waals surface area contributed by atoms with E-state index >= 15 is 0 Å². The Morgan fingerprint density at radius 1 is 1.27 bits per heavy atom. The summed E-state index contributed by atoms with van der Waals surface area (Å²) >= 11 is 0. The van der Waals surface area contributed by atoms with Crippen molar-refractivity contribution in [3.63, 3.8) is 0 Å². The Balaban J connectivity index is 2.52. The molecule has 0 aliphatic carbocycles. The predicted molar refractivity (Wildman–Crippen MR) is 58.7 cm³/mol. The molecule has 0 aromatic heterocycles. The van der Waals surface area contributed by atoms with Crippen LogP contribution in [0, 0.1) is 0 Å². The van der Waals surface area contributed by atoms with Crippen molar-refractivity contribution in [2.45, 2.75) is 52.3 Å². The third-order valence-electron chi connectivity index (χ3n) is 2.33. The number of piperazine rings is 1. The van der Waals surface area contributed by atoms with Crippen LogP contribution >= 0.6 is 0 Å². The van der Waals surface area contributed by atoms with Gasteiger partial charge in [-0.25, -0.2) is 4.79 Å². The van der Waals surface area contributed by atoms with Gasteiger partial charge in [-0.15, -0.1) is 0 Å². The summed E-state index contributed by atoms with van der Waals surface area (Å²) in [6.07, 6.45) is -0.186. The van der Waals surface area contributed by atoms with E-state index in [9.17, 15) is 4.79 Å².